The lowest BCUT2D eigenvalue weighted by molar-refractivity contribution is -0.128. The van der Waals surface area contributed by atoms with Crippen LogP contribution < -0.4 is 0 Å². The lowest BCUT2D eigenvalue weighted by atomic mass is 9.95. The molecule has 0 spiro atoms. The Kier molecular flexibility index (Phi) is 7.96. The van der Waals surface area contributed by atoms with Gasteiger partial charge in [0.25, 0.3) is 6.47 Å². The largest absolute Gasteiger partial charge is 0.468 e. The first-order chi connectivity index (χ1) is 7.11. The average Bonchev–Trinajstić information content (AvgIpc) is 2.53. The summed E-state index contributed by atoms with van der Waals surface area (Å²) < 4.78 is 4.15. The van der Waals surface area contributed by atoms with E-state index in [-0.39, 0.29) is 0 Å². The predicted octanol–water partition coefficient (Wildman–Crippen LogP) is 2.58. The Hall–Kier alpha value is -0.860. The van der Waals surface area contributed by atoms with Crippen molar-refractivity contribution in [2.45, 2.75) is 46.5 Å². The Bertz CT molecular complexity index is 187. The highest BCUT2D eigenvalue weighted by Crippen LogP contribution is 2.26. The molecule has 15 heavy (non-hydrogen) atoms. The van der Waals surface area contributed by atoms with Crippen LogP contribution in [0, 0.1) is 11.8 Å². The SMILES string of the molecule is CC(C)CC1CCCC1=O.CCOC=O. The van der Waals surface area contributed by atoms with Crippen molar-refractivity contribution in [1.82, 2.24) is 0 Å². The van der Waals surface area contributed by atoms with Crippen LogP contribution in [-0.2, 0) is 14.3 Å². The van der Waals surface area contributed by atoms with Crippen molar-refractivity contribution in [3.63, 3.8) is 0 Å². The van der Waals surface area contributed by atoms with Gasteiger partial charge in [0.1, 0.15) is 5.78 Å². The monoisotopic (exact) mass is 214 g/mol. The van der Waals surface area contributed by atoms with Gasteiger partial charge in [-0.15, -0.1) is 0 Å². The van der Waals surface area contributed by atoms with Crippen molar-refractivity contribution in [3.05, 3.63) is 0 Å². The van der Waals surface area contributed by atoms with Crippen LogP contribution in [0.25, 0.3) is 0 Å². The summed E-state index contributed by atoms with van der Waals surface area (Å²) in [6.45, 7) is 7.04. The van der Waals surface area contributed by atoms with E-state index in [0.29, 0.717) is 30.7 Å². The summed E-state index contributed by atoms with van der Waals surface area (Å²) in [5.74, 6) is 1.61. The molecule has 1 rings (SSSR count). The fourth-order valence-corrected chi connectivity index (χ4v) is 1.77. The summed E-state index contributed by atoms with van der Waals surface area (Å²) in [6, 6.07) is 0. The van der Waals surface area contributed by atoms with Crippen molar-refractivity contribution in [2.75, 3.05) is 6.61 Å². The van der Waals surface area contributed by atoms with Gasteiger partial charge in [-0.1, -0.05) is 13.8 Å². The third kappa shape index (κ3) is 7.11. The molecule has 1 saturated carbocycles. The first-order valence-corrected chi connectivity index (χ1v) is 5.69. The van der Waals surface area contributed by atoms with E-state index in [0.717, 1.165) is 25.7 Å². The van der Waals surface area contributed by atoms with Gasteiger partial charge in [0.2, 0.25) is 0 Å². The Morgan fingerprint density at radius 3 is 2.47 bits per heavy atom. The van der Waals surface area contributed by atoms with Gasteiger partial charge in [0.05, 0.1) is 6.61 Å². The number of carbonyl (C=O) groups excluding carboxylic acids is 2. The number of rotatable bonds is 4. The van der Waals surface area contributed by atoms with E-state index in [2.05, 4.69) is 18.6 Å². The molecule has 0 bridgehead atoms. The minimum absolute atomic E-state index is 0.417. The Balaban J connectivity index is 0.000000336. The van der Waals surface area contributed by atoms with E-state index in [1.54, 1.807) is 6.92 Å². The van der Waals surface area contributed by atoms with Gasteiger partial charge in [-0.3, -0.25) is 9.59 Å². The second-order valence-corrected chi connectivity index (χ2v) is 4.24. The highest BCUT2D eigenvalue weighted by molar-refractivity contribution is 5.82. The molecular formula is C12H22O3. The molecule has 1 unspecified atom stereocenters. The van der Waals surface area contributed by atoms with Gasteiger partial charge in [-0.05, 0) is 32.1 Å². The van der Waals surface area contributed by atoms with Crippen molar-refractivity contribution >= 4 is 12.3 Å². The molecule has 1 fully saturated rings. The van der Waals surface area contributed by atoms with Crippen molar-refractivity contribution in [2.24, 2.45) is 11.8 Å². The molecule has 3 nitrogen and oxygen atoms in total. The molecule has 1 aliphatic rings. The minimum Gasteiger partial charge on any atom is -0.468 e. The van der Waals surface area contributed by atoms with Crippen molar-refractivity contribution in [3.8, 4) is 0 Å². The quantitative estimate of drug-likeness (QED) is 0.675. The average molecular weight is 214 g/mol. The number of carbonyl (C=O) groups is 2. The first kappa shape index (κ1) is 14.1. The third-order valence-electron chi connectivity index (χ3n) is 2.42. The molecule has 0 saturated heterocycles. The van der Waals surface area contributed by atoms with E-state index < -0.39 is 0 Å². The van der Waals surface area contributed by atoms with E-state index in [4.69, 9.17) is 0 Å². The number of Topliss-reactive ketones (excluding diaryl/α,β-unsaturated/α-hetero) is 1. The van der Waals surface area contributed by atoms with Crippen molar-refractivity contribution < 1.29 is 14.3 Å². The summed E-state index contributed by atoms with van der Waals surface area (Å²) in [5.41, 5.74) is 0. The summed E-state index contributed by atoms with van der Waals surface area (Å²) in [7, 11) is 0. The van der Waals surface area contributed by atoms with Crippen LogP contribution >= 0.6 is 0 Å². The van der Waals surface area contributed by atoms with Gasteiger partial charge in [0.15, 0.2) is 0 Å². The second-order valence-electron chi connectivity index (χ2n) is 4.24. The van der Waals surface area contributed by atoms with Crippen LogP contribution in [-0.4, -0.2) is 18.9 Å². The first-order valence-electron chi connectivity index (χ1n) is 5.69. The minimum atomic E-state index is 0.417. The summed E-state index contributed by atoms with van der Waals surface area (Å²) in [6.07, 6.45) is 4.24. The maximum atomic E-state index is 11.1. The zero-order chi connectivity index (χ0) is 11.7. The number of ketones is 1. The molecule has 0 aromatic rings. The van der Waals surface area contributed by atoms with Crippen LogP contribution in [0.3, 0.4) is 0 Å². The molecule has 0 aromatic heterocycles. The van der Waals surface area contributed by atoms with Crippen LogP contribution in [0.15, 0.2) is 0 Å². The number of ether oxygens (including phenoxy) is 1. The highest BCUT2D eigenvalue weighted by Gasteiger charge is 2.24. The maximum absolute atomic E-state index is 11.1. The standard InChI is InChI=1S/C9H16O.C3H6O2/c1-7(2)6-8-4-3-5-9(8)10;1-2-5-3-4/h7-8H,3-6H2,1-2H3;3H,2H2,1H3. The van der Waals surface area contributed by atoms with Crippen LogP contribution in [0.5, 0.6) is 0 Å². The third-order valence-corrected chi connectivity index (χ3v) is 2.42. The van der Waals surface area contributed by atoms with Gasteiger partial charge in [-0.25, -0.2) is 0 Å². The maximum Gasteiger partial charge on any atom is 0.293 e. The van der Waals surface area contributed by atoms with E-state index >= 15 is 0 Å². The molecule has 0 amide bonds. The lowest BCUT2D eigenvalue weighted by Crippen LogP contribution is -2.08. The van der Waals surface area contributed by atoms with Crippen LogP contribution in [0.4, 0.5) is 0 Å². The molecule has 0 N–H and O–H groups in total. The molecule has 3 heteroatoms. The van der Waals surface area contributed by atoms with Gasteiger partial charge in [-0.2, -0.15) is 0 Å². The lowest BCUT2D eigenvalue weighted by Gasteiger charge is -2.09. The predicted molar refractivity (Wildman–Crippen MR) is 59.5 cm³/mol. The molecule has 1 atom stereocenters. The fourth-order valence-electron chi connectivity index (χ4n) is 1.77. The van der Waals surface area contributed by atoms with Gasteiger partial charge >= 0.3 is 0 Å². The molecule has 88 valence electrons. The van der Waals surface area contributed by atoms with Gasteiger partial charge < -0.3 is 4.74 Å². The van der Waals surface area contributed by atoms with E-state index in [1.165, 1.54) is 0 Å². The molecular weight excluding hydrogens is 192 g/mol. The Morgan fingerprint density at radius 2 is 2.20 bits per heavy atom. The van der Waals surface area contributed by atoms with Gasteiger partial charge in [0, 0.05) is 12.3 Å². The van der Waals surface area contributed by atoms with Crippen molar-refractivity contribution in [1.29, 1.82) is 0 Å². The molecule has 0 heterocycles. The molecule has 0 aliphatic heterocycles. The topological polar surface area (TPSA) is 43.4 Å². The number of hydrogen-bond acceptors (Lipinski definition) is 3. The molecule has 0 radical (unpaired) electrons. The summed E-state index contributed by atoms with van der Waals surface area (Å²) in [4.78, 5) is 20.3. The smallest absolute Gasteiger partial charge is 0.293 e. The summed E-state index contributed by atoms with van der Waals surface area (Å²) >= 11 is 0. The van der Waals surface area contributed by atoms with Crippen LogP contribution in [0.2, 0.25) is 0 Å². The second kappa shape index (κ2) is 8.45. The molecule has 1 aliphatic carbocycles. The highest BCUT2D eigenvalue weighted by atomic mass is 16.5. The number of hydrogen-bond donors (Lipinski definition) is 0. The summed E-state index contributed by atoms with van der Waals surface area (Å²) in [5, 5.41) is 0. The van der Waals surface area contributed by atoms with E-state index in [1.807, 2.05) is 0 Å². The molecule has 0 aromatic carbocycles. The van der Waals surface area contributed by atoms with E-state index in [9.17, 15) is 9.59 Å². The zero-order valence-corrected chi connectivity index (χ0v) is 9.99. The Morgan fingerprint density at radius 1 is 1.53 bits per heavy atom. The zero-order valence-electron chi connectivity index (χ0n) is 9.99. The fraction of sp³-hybridized carbons (Fsp3) is 0.833. The van der Waals surface area contributed by atoms with Crippen LogP contribution in [0.1, 0.15) is 46.5 Å². The normalized spacial score (nSPS) is 19.7. The Labute approximate surface area is 92.2 Å².